The van der Waals surface area contributed by atoms with Gasteiger partial charge in [-0.3, -0.25) is 9.59 Å². The van der Waals surface area contributed by atoms with Gasteiger partial charge >= 0.3 is 0 Å². The Morgan fingerprint density at radius 1 is 1.42 bits per heavy atom. The summed E-state index contributed by atoms with van der Waals surface area (Å²) in [7, 11) is 0. The van der Waals surface area contributed by atoms with Gasteiger partial charge in [-0.25, -0.2) is 4.98 Å². The maximum absolute atomic E-state index is 11.9. The molecule has 6 nitrogen and oxygen atoms in total. The number of hydrogen-bond acceptors (Lipinski definition) is 4. The molecular weight excluding hydrogens is 244 g/mol. The van der Waals surface area contributed by atoms with Crippen molar-refractivity contribution >= 4 is 11.7 Å². The molecule has 0 saturated heterocycles. The lowest BCUT2D eigenvalue weighted by Crippen LogP contribution is -2.17. The molecule has 1 aromatic carbocycles. The molecule has 0 unspecified atom stereocenters. The summed E-state index contributed by atoms with van der Waals surface area (Å²) < 4.78 is 0. The fourth-order valence-corrected chi connectivity index (χ4v) is 1.56. The molecule has 0 aliphatic heterocycles. The lowest BCUT2D eigenvalue weighted by Gasteiger charge is -2.04. The van der Waals surface area contributed by atoms with Crippen LogP contribution in [0.5, 0.6) is 0 Å². The Morgan fingerprint density at radius 2 is 2.21 bits per heavy atom. The fraction of sp³-hybridized carbons (Fsp3) is 0.0769. The van der Waals surface area contributed by atoms with Gasteiger partial charge in [0.05, 0.1) is 11.6 Å². The van der Waals surface area contributed by atoms with Crippen LogP contribution in [0.25, 0.3) is 0 Å². The summed E-state index contributed by atoms with van der Waals surface area (Å²) in [5.41, 5.74) is 0.384. The van der Waals surface area contributed by atoms with Gasteiger partial charge in [-0.2, -0.15) is 5.26 Å². The molecule has 0 aliphatic carbocycles. The van der Waals surface area contributed by atoms with Gasteiger partial charge < -0.3 is 10.3 Å². The van der Waals surface area contributed by atoms with Gasteiger partial charge in [0.15, 0.2) is 0 Å². The number of H-pyrrole nitrogens is 1. The van der Waals surface area contributed by atoms with Crippen molar-refractivity contribution in [3.05, 3.63) is 57.6 Å². The highest BCUT2D eigenvalue weighted by molar-refractivity contribution is 6.03. The highest BCUT2D eigenvalue weighted by atomic mass is 16.2. The maximum Gasteiger partial charge on any atom is 0.256 e. The second kappa shape index (κ2) is 5.14. The van der Waals surface area contributed by atoms with Gasteiger partial charge in [0.2, 0.25) is 0 Å². The van der Waals surface area contributed by atoms with Crippen LogP contribution in [0.3, 0.4) is 0 Å². The molecule has 0 saturated carbocycles. The van der Waals surface area contributed by atoms with E-state index in [1.54, 1.807) is 25.1 Å². The SMILES string of the molecule is Cc1nc(NC(=O)c2cccc(C#N)c2)cc(=O)[nH]1. The third kappa shape index (κ3) is 3.04. The van der Waals surface area contributed by atoms with Crippen molar-refractivity contribution in [2.45, 2.75) is 6.92 Å². The average Bonchev–Trinajstić information content (AvgIpc) is 2.37. The van der Waals surface area contributed by atoms with E-state index in [1.807, 2.05) is 6.07 Å². The Kier molecular flexibility index (Phi) is 3.39. The number of aromatic amines is 1. The molecule has 0 fully saturated rings. The van der Waals surface area contributed by atoms with Crippen LogP contribution in [-0.2, 0) is 0 Å². The quantitative estimate of drug-likeness (QED) is 0.841. The Balaban J connectivity index is 2.25. The molecule has 1 heterocycles. The normalized spacial score (nSPS) is 9.68. The van der Waals surface area contributed by atoms with Gasteiger partial charge in [-0.1, -0.05) is 6.07 Å². The second-order valence-electron chi connectivity index (χ2n) is 3.86. The minimum absolute atomic E-state index is 0.175. The number of carbonyl (C=O) groups excluding carboxylic acids is 1. The number of carbonyl (C=O) groups is 1. The molecular formula is C13H10N4O2. The molecule has 19 heavy (non-hydrogen) atoms. The summed E-state index contributed by atoms with van der Waals surface area (Å²) >= 11 is 0. The zero-order valence-electron chi connectivity index (χ0n) is 10.1. The molecule has 0 spiro atoms. The number of amides is 1. The predicted molar refractivity (Wildman–Crippen MR) is 68.7 cm³/mol. The Hall–Kier alpha value is -2.94. The zero-order valence-corrected chi connectivity index (χ0v) is 10.1. The number of nitriles is 1. The third-order valence-corrected chi connectivity index (χ3v) is 2.36. The first kappa shape index (κ1) is 12.5. The summed E-state index contributed by atoms with van der Waals surface area (Å²) in [6.45, 7) is 1.62. The summed E-state index contributed by atoms with van der Waals surface area (Å²) in [4.78, 5) is 29.6. The van der Waals surface area contributed by atoms with E-state index in [2.05, 4.69) is 15.3 Å². The minimum Gasteiger partial charge on any atom is -0.311 e. The number of aryl methyl sites for hydroxylation is 1. The molecule has 0 bridgehead atoms. The topological polar surface area (TPSA) is 98.6 Å². The molecule has 6 heteroatoms. The van der Waals surface area contributed by atoms with Crippen molar-refractivity contribution in [1.82, 2.24) is 9.97 Å². The third-order valence-electron chi connectivity index (χ3n) is 2.36. The van der Waals surface area contributed by atoms with E-state index in [0.717, 1.165) is 0 Å². The highest BCUT2D eigenvalue weighted by Gasteiger charge is 2.08. The van der Waals surface area contributed by atoms with Crippen LogP contribution in [0.2, 0.25) is 0 Å². The summed E-state index contributed by atoms with van der Waals surface area (Å²) in [6.07, 6.45) is 0. The number of nitrogens with zero attached hydrogens (tertiary/aromatic N) is 2. The molecule has 0 aliphatic rings. The van der Waals surface area contributed by atoms with E-state index < -0.39 is 5.91 Å². The van der Waals surface area contributed by atoms with Crippen molar-refractivity contribution < 1.29 is 4.79 Å². The number of aromatic nitrogens is 2. The van der Waals surface area contributed by atoms with Crippen LogP contribution in [0, 0.1) is 18.3 Å². The highest BCUT2D eigenvalue weighted by Crippen LogP contribution is 2.07. The number of anilines is 1. The van der Waals surface area contributed by atoms with Crippen LogP contribution in [-0.4, -0.2) is 15.9 Å². The Bertz CT molecular complexity index is 728. The summed E-state index contributed by atoms with van der Waals surface area (Å²) in [6, 6.07) is 9.41. The average molecular weight is 254 g/mol. The van der Waals surface area contributed by atoms with Gasteiger partial charge in [0, 0.05) is 11.6 Å². The Labute approximate surface area is 108 Å². The van der Waals surface area contributed by atoms with E-state index >= 15 is 0 Å². The van der Waals surface area contributed by atoms with E-state index in [1.165, 1.54) is 12.1 Å². The molecule has 2 rings (SSSR count). The van der Waals surface area contributed by atoms with Gasteiger partial charge in [0.1, 0.15) is 11.6 Å². The minimum atomic E-state index is -0.422. The predicted octanol–water partition coefficient (Wildman–Crippen LogP) is 1.20. The molecule has 94 valence electrons. The number of rotatable bonds is 2. The summed E-state index contributed by atoms with van der Waals surface area (Å²) in [5, 5.41) is 11.3. The summed E-state index contributed by atoms with van der Waals surface area (Å²) in [5.74, 6) is 0.164. The number of benzene rings is 1. The number of nitrogens with one attached hydrogen (secondary N) is 2. The van der Waals surface area contributed by atoms with Gasteiger partial charge in [-0.15, -0.1) is 0 Å². The second-order valence-corrected chi connectivity index (χ2v) is 3.86. The van der Waals surface area contributed by atoms with Crippen LogP contribution >= 0.6 is 0 Å². The van der Waals surface area contributed by atoms with E-state index in [9.17, 15) is 9.59 Å². The number of hydrogen-bond donors (Lipinski definition) is 2. The lowest BCUT2D eigenvalue weighted by atomic mass is 10.1. The van der Waals surface area contributed by atoms with Crippen molar-refractivity contribution in [2.24, 2.45) is 0 Å². The van der Waals surface area contributed by atoms with E-state index in [0.29, 0.717) is 17.0 Å². The first-order chi connectivity index (χ1) is 9.08. The van der Waals surface area contributed by atoms with Crippen molar-refractivity contribution in [1.29, 1.82) is 5.26 Å². The van der Waals surface area contributed by atoms with E-state index in [-0.39, 0.29) is 11.4 Å². The van der Waals surface area contributed by atoms with Crippen molar-refractivity contribution in [2.75, 3.05) is 5.32 Å². The first-order valence-corrected chi connectivity index (χ1v) is 5.48. The lowest BCUT2D eigenvalue weighted by molar-refractivity contribution is 0.102. The van der Waals surface area contributed by atoms with Crippen LogP contribution in [0.4, 0.5) is 5.82 Å². The zero-order chi connectivity index (χ0) is 13.8. The van der Waals surface area contributed by atoms with Crippen LogP contribution < -0.4 is 10.9 Å². The largest absolute Gasteiger partial charge is 0.311 e. The fourth-order valence-electron chi connectivity index (χ4n) is 1.56. The van der Waals surface area contributed by atoms with Crippen LogP contribution in [0.1, 0.15) is 21.7 Å². The van der Waals surface area contributed by atoms with Crippen LogP contribution in [0.15, 0.2) is 35.1 Å². The van der Waals surface area contributed by atoms with Gasteiger partial charge in [0.25, 0.3) is 11.5 Å². The molecule has 0 atom stereocenters. The maximum atomic E-state index is 11.9. The molecule has 2 aromatic rings. The molecule has 1 aromatic heterocycles. The van der Waals surface area contributed by atoms with Crippen molar-refractivity contribution in [3.8, 4) is 6.07 Å². The molecule has 1 amide bonds. The van der Waals surface area contributed by atoms with Crippen molar-refractivity contribution in [3.63, 3.8) is 0 Å². The standard InChI is InChI=1S/C13H10N4O2/c1-8-15-11(6-12(18)16-8)17-13(19)10-4-2-3-9(5-10)7-14/h2-6H,1H3,(H2,15,16,17,18,19). The monoisotopic (exact) mass is 254 g/mol. The first-order valence-electron chi connectivity index (χ1n) is 5.48. The smallest absolute Gasteiger partial charge is 0.256 e. The molecule has 0 radical (unpaired) electrons. The van der Waals surface area contributed by atoms with E-state index in [4.69, 9.17) is 5.26 Å². The van der Waals surface area contributed by atoms with Gasteiger partial charge in [-0.05, 0) is 25.1 Å². The Morgan fingerprint density at radius 3 is 2.89 bits per heavy atom. The molecule has 2 N–H and O–H groups in total.